The van der Waals surface area contributed by atoms with E-state index < -0.39 is 5.97 Å². The molecule has 0 radical (unpaired) electrons. The van der Waals surface area contributed by atoms with Crippen LogP contribution in [0.2, 0.25) is 0 Å². The highest BCUT2D eigenvalue weighted by molar-refractivity contribution is 9.10. The van der Waals surface area contributed by atoms with E-state index >= 15 is 0 Å². The molecule has 0 saturated carbocycles. The summed E-state index contributed by atoms with van der Waals surface area (Å²) in [5.74, 6) is -0.00608. The standard InChI is InChI=1S/C18H19BrN2O5/c1-24-15-8-13(18(23)26-3)14(9-16(15)25-2)20-10-17(22)21-12-6-4-11(19)5-7-12/h4-9,20H,10H2,1-3H3,(H,21,22). The lowest BCUT2D eigenvalue weighted by Gasteiger charge is -2.15. The molecular weight excluding hydrogens is 404 g/mol. The molecular formula is C18H19BrN2O5. The SMILES string of the molecule is COC(=O)c1cc(OC)c(OC)cc1NCC(=O)Nc1ccc(Br)cc1. The highest BCUT2D eigenvalue weighted by atomic mass is 79.9. The van der Waals surface area contributed by atoms with Crippen molar-refractivity contribution in [3.8, 4) is 11.5 Å². The lowest BCUT2D eigenvalue weighted by molar-refractivity contribution is -0.114. The van der Waals surface area contributed by atoms with Crippen LogP contribution < -0.4 is 20.1 Å². The van der Waals surface area contributed by atoms with Crippen molar-refractivity contribution < 1.29 is 23.8 Å². The van der Waals surface area contributed by atoms with E-state index in [0.29, 0.717) is 22.9 Å². The molecule has 0 saturated heterocycles. The molecule has 1 amide bonds. The summed E-state index contributed by atoms with van der Waals surface area (Å²) in [7, 11) is 4.24. The van der Waals surface area contributed by atoms with Gasteiger partial charge in [0.05, 0.1) is 39.1 Å². The molecule has 0 heterocycles. The summed E-state index contributed by atoms with van der Waals surface area (Å²) in [6, 6.07) is 10.3. The van der Waals surface area contributed by atoms with Crippen molar-refractivity contribution in [2.75, 3.05) is 38.5 Å². The molecule has 2 rings (SSSR count). The molecule has 138 valence electrons. The number of carbonyl (C=O) groups is 2. The maximum absolute atomic E-state index is 12.1. The van der Waals surface area contributed by atoms with Gasteiger partial charge in [0.25, 0.3) is 0 Å². The number of nitrogens with one attached hydrogen (secondary N) is 2. The van der Waals surface area contributed by atoms with Gasteiger partial charge in [0, 0.05) is 22.3 Å². The molecule has 0 aliphatic carbocycles. The Kier molecular flexibility index (Phi) is 6.85. The van der Waals surface area contributed by atoms with Crippen LogP contribution in [0, 0.1) is 0 Å². The van der Waals surface area contributed by atoms with Crippen molar-refractivity contribution in [1.82, 2.24) is 0 Å². The second kappa shape index (κ2) is 9.10. The van der Waals surface area contributed by atoms with Crippen LogP contribution in [-0.4, -0.2) is 39.8 Å². The molecule has 2 aromatic rings. The molecule has 26 heavy (non-hydrogen) atoms. The van der Waals surface area contributed by atoms with Gasteiger partial charge >= 0.3 is 5.97 Å². The van der Waals surface area contributed by atoms with Crippen molar-refractivity contribution in [3.63, 3.8) is 0 Å². The zero-order valence-electron chi connectivity index (χ0n) is 14.6. The average molecular weight is 423 g/mol. The lowest BCUT2D eigenvalue weighted by atomic mass is 10.1. The number of anilines is 2. The van der Waals surface area contributed by atoms with E-state index in [1.807, 2.05) is 12.1 Å². The van der Waals surface area contributed by atoms with Gasteiger partial charge in [-0.2, -0.15) is 0 Å². The van der Waals surface area contributed by atoms with Gasteiger partial charge in [-0.1, -0.05) is 15.9 Å². The largest absolute Gasteiger partial charge is 0.493 e. The predicted molar refractivity (Wildman–Crippen MR) is 102 cm³/mol. The highest BCUT2D eigenvalue weighted by Gasteiger charge is 2.18. The van der Waals surface area contributed by atoms with E-state index in [9.17, 15) is 9.59 Å². The fourth-order valence-corrected chi connectivity index (χ4v) is 2.48. The highest BCUT2D eigenvalue weighted by Crippen LogP contribution is 2.33. The molecule has 0 spiro atoms. The number of amides is 1. The average Bonchev–Trinajstić information content (AvgIpc) is 2.66. The van der Waals surface area contributed by atoms with Crippen LogP contribution >= 0.6 is 15.9 Å². The number of rotatable bonds is 7. The van der Waals surface area contributed by atoms with Crippen LogP contribution in [0.25, 0.3) is 0 Å². The molecule has 0 aromatic heterocycles. The molecule has 0 fully saturated rings. The van der Waals surface area contributed by atoms with Gasteiger partial charge in [0.1, 0.15) is 0 Å². The van der Waals surface area contributed by atoms with Gasteiger partial charge < -0.3 is 24.8 Å². The molecule has 0 aliphatic rings. The lowest BCUT2D eigenvalue weighted by Crippen LogP contribution is -2.22. The van der Waals surface area contributed by atoms with Crippen molar-refractivity contribution in [2.45, 2.75) is 0 Å². The van der Waals surface area contributed by atoms with E-state index in [2.05, 4.69) is 26.6 Å². The first kappa shape index (κ1) is 19.6. The summed E-state index contributed by atoms with van der Waals surface area (Å²) in [5.41, 5.74) is 1.31. The quantitative estimate of drug-likeness (QED) is 0.665. The van der Waals surface area contributed by atoms with Crippen LogP contribution in [0.5, 0.6) is 11.5 Å². The topological polar surface area (TPSA) is 85.9 Å². The van der Waals surface area contributed by atoms with E-state index in [1.165, 1.54) is 27.4 Å². The van der Waals surface area contributed by atoms with Gasteiger partial charge in [-0.3, -0.25) is 4.79 Å². The minimum absolute atomic E-state index is 0.0461. The number of hydrogen-bond donors (Lipinski definition) is 2. The maximum atomic E-state index is 12.1. The Balaban J connectivity index is 2.15. The zero-order valence-corrected chi connectivity index (χ0v) is 16.2. The summed E-state index contributed by atoms with van der Waals surface area (Å²) < 4.78 is 16.1. The van der Waals surface area contributed by atoms with Crippen molar-refractivity contribution in [1.29, 1.82) is 0 Å². The van der Waals surface area contributed by atoms with E-state index in [-0.39, 0.29) is 18.0 Å². The molecule has 8 heteroatoms. The van der Waals surface area contributed by atoms with E-state index in [1.54, 1.807) is 18.2 Å². The van der Waals surface area contributed by atoms with Gasteiger partial charge in [-0.05, 0) is 24.3 Å². The Morgan fingerprint density at radius 1 is 1.00 bits per heavy atom. The molecule has 2 aromatic carbocycles. The zero-order chi connectivity index (χ0) is 19.1. The van der Waals surface area contributed by atoms with Gasteiger partial charge in [0.15, 0.2) is 11.5 Å². The van der Waals surface area contributed by atoms with Gasteiger partial charge in [-0.15, -0.1) is 0 Å². The van der Waals surface area contributed by atoms with E-state index in [0.717, 1.165) is 4.47 Å². The smallest absolute Gasteiger partial charge is 0.340 e. The molecule has 2 N–H and O–H groups in total. The number of benzene rings is 2. The minimum Gasteiger partial charge on any atom is -0.493 e. The predicted octanol–water partition coefficient (Wildman–Crippen LogP) is 3.30. The fourth-order valence-electron chi connectivity index (χ4n) is 2.22. The summed E-state index contributed by atoms with van der Waals surface area (Å²) in [5, 5.41) is 5.69. The van der Waals surface area contributed by atoms with Gasteiger partial charge in [-0.25, -0.2) is 4.79 Å². The van der Waals surface area contributed by atoms with Crippen LogP contribution in [0.15, 0.2) is 40.9 Å². The number of methoxy groups -OCH3 is 3. The summed E-state index contributed by atoms with van der Waals surface area (Å²) in [4.78, 5) is 24.1. The third-order valence-corrected chi connectivity index (χ3v) is 4.03. The summed E-state index contributed by atoms with van der Waals surface area (Å²) in [6.07, 6.45) is 0. The summed E-state index contributed by atoms with van der Waals surface area (Å²) >= 11 is 3.34. The fraction of sp³-hybridized carbons (Fsp3) is 0.222. The monoisotopic (exact) mass is 422 g/mol. The van der Waals surface area contributed by atoms with Crippen LogP contribution in [-0.2, 0) is 9.53 Å². The molecule has 0 atom stereocenters. The van der Waals surface area contributed by atoms with Crippen LogP contribution in [0.3, 0.4) is 0 Å². The third kappa shape index (κ3) is 4.89. The number of halogens is 1. The third-order valence-electron chi connectivity index (χ3n) is 3.50. The molecule has 7 nitrogen and oxygen atoms in total. The normalized spacial score (nSPS) is 10.0. The van der Waals surface area contributed by atoms with Crippen molar-refractivity contribution in [2.24, 2.45) is 0 Å². The Morgan fingerprint density at radius 2 is 1.62 bits per heavy atom. The summed E-state index contributed by atoms with van der Waals surface area (Å²) in [6.45, 7) is -0.0461. The minimum atomic E-state index is -0.554. The van der Waals surface area contributed by atoms with Crippen LogP contribution in [0.1, 0.15) is 10.4 Å². The number of carbonyl (C=O) groups excluding carboxylic acids is 2. The Labute approximate surface area is 159 Å². The van der Waals surface area contributed by atoms with Crippen molar-refractivity contribution in [3.05, 3.63) is 46.4 Å². The Bertz CT molecular complexity index is 793. The number of esters is 1. The van der Waals surface area contributed by atoms with Gasteiger partial charge in [0.2, 0.25) is 5.91 Å². The van der Waals surface area contributed by atoms with Crippen molar-refractivity contribution >= 4 is 39.2 Å². The second-order valence-electron chi connectivity index (χ2n) is 5.15. The second-order valence-corrected chi connectivity index (χ2v) is 6.07. The Morgan fingerprint density at radius 3 is 2.19 bits per heavy atom. The maximum Gasteiger partial charge on any atom is 0.340 e. The first-order chi connectivity index (χ1) is 12.5. The number of ether oxygens (including phenoxy) is 3. The first-order valence-electron chi connectivity index (χ1n) is 7.62. The molecule has 0 bridgehead atoms. The van der Waals surface area contributed by atoms with Crippen LogP contribution in [0.4, 0.5) is 11.4 Å². The first-order valence-corrected chi connectivity index (χ1v) is 8.41. The number of hydrogen-bond acceptors (Lipinski definition) is 6. The Hall–Kier alpha value is -2.74. The molecule has 0 unspecified atom stereocenters. The molecule has 0 aliphatic heterocycles. The van der Waals surface area contributed by atoms with E-state index in [4.69, 9.17) is 14.2 Å².